The van der Waals surface area contributed by atoms with Crippen LogP contribution in [-0.2, 0) is 9.59 Å². The highest BCUT2D eigenvalue weighted by atomic mass is 16.2. The molecule has 3 N–H and O–H groups in total. The summed E-state index contributed by atoms with van der Waals surface area (Å²) in [6.07, 6.45) is 4.24. The van der Waals surface area contributed by atoms with E-state index in [-0.39, 0.29) is 23.2 Å². The highest BCUT2D eigenvalue weighted by Gasteiger charge is 2.34. The minimum Gasteiger partial charge on any atom is -0.366 e. The van der Waals surface area contributed by atoms with Gasteiger partial charge in [0.05, 0.1) is 35.1 Å². The van der Waals surface area contributed by atoms with E-state index in [4.69, 9.17) is 11.0 Å². The number of nitrogens with two attached hydrogens (primary N) is 1. The minimum absolute atomic E-state index is 0.132. The Balaban J connectivity index is 1.82. The van der Waals surface area contributed by atoms with E-state index in [1.165, 1.54) is 18.5 Å². The maximum atomic E-state index is 12.9. The summed E-state index contributed by atoms with van der Waals surface area (Å²) in [7, 11) is 0. The van der Waals surface area contributed by atoms with Gasteiger partial charge < -0.3 is 16.0 Å². The number of nitrogens with zero attached hydrogens (tertiary/aromatic N) is 3. The Morgan fingerprint density at radius 3 is 2.76 bits per heavy atom. The quantitative estimate of drug-likeness (QED) is 0.773. The maximum absolute atomic E-state index is 12.9. The van der Waals surface area contributed by atoms with E-state index < -0.39 is 17.7 Å². The van der Waals surface area contributed by atoms with E-state index in [0.29, 0.717) is 18.5 Å². The van der Waals surface area contributed by atoms with Crippen LogP contribution in [0.5, 0.6) is 0 Å². The fourth-order valence-electron chi connectivity index (χ4n) is 3.50. The lowest BCUT2D eigenvalue weighted by atomic mass is 9.89. The summed E-state index contributed by atoms with van der Waals surface area (Å²) >= 11 is 0. The van der Waals surface area contributed by atoms with Crippen molar-refractivity contribution >= 4 is 23.4 Å². The Morgan fingerprint density at radius 1 is 1.24 bits per heavy atom. The molecule has 0 bridgehead atoms. The van der Waals surface area contributed by atoms with Gasteiger partial charge in [0.2, 0.25) is 5.91 Å². The summed E-state index contributed by atoms with van der Waals surface area (Å²) < 4.78 is 0. The third-order valence-electron chi connectivity index (χ3n) is 4.95. The number of pyridine rings is 1. The molecule has 29 heavy (non-hydrogen) atoms. The van der Waals surface area contributed by atoms with Gasteiger partial charge in [0.15, 0.2) is 0 Å². The number of primary amides is 1. The number of hydrogen-bond acceptors (Lipinski definition) is 5. The number of carbonyl (C=O) groups is 3. The topological polar surface area (TPSA) is 129 Å². The standard InChI is InChI=1S/C21H21N5O3/c1-13-5-6-18(15-4-2-3-14(7-15)9-22)26(12-13)21(29)20(28)25-17-8-16(19(23)27)10-24-11-17/h2-4,7-8,10-11,13,18H,5-6,12H2,1H3,(H2,23,27)(H,25,28)/t13-,18+/m0/s1. The second-order valence-electron chi connectivity index (χ2n) is 7.17. The first-order chi connectivity index (χ1) is 13.9. The molecule has 0 spiro atoms. The van der Waals surface area contributed by atoms with E-state index in [9.17, 15) is 14.4 Å². The van der Waals surface area contributed by atoms with E-state index >= 15 is 0 Å². The van der Waals surface area contributed by atoms with Gasteiger partial charge in [0, 0.05) is 12.7 Å². The predicted octanol–water partition coefficient (Wildman–Crippen LogP) is 1.99. The molecule has 1 aromatic carbocycles. The molecule has 2 atom stereocenters. The Hall–Kier alpha value is -3.73. The van der Waals surface area contributed by atoms with Crippen LogP contribution in [0.4, 0.5) is 5.69 Å². The number of anilines is 1. The molecule has 1 saturated heterocycles. The molecule has 0 saturated carbocycles. The smallest absolute Gasteiger partial charge is 0.313 e. The Bertz CT molecular complexity index is 998. The van der Waals surface area contributed by atoms with Crippen LogP contribution < -0.4 is 11.1 Å². The van der Waals surface area contributed by atoms with E-state index in [1.54, 1.807) is 23.1 Å². The number of aromatic nitrogens is 1. The molecule has 1 aliphatic rings. The van der Waals surface area contributed by atoms with Gasteiger partial charge >= 0.3 is 11.8 Å². The summed E-state index contributed by atoms with van der Waals surface area (Å²) in [5.74, 6) is -1.92. The zero-order valence-corrected chi connectivity index (χ0v) is 16.0. The van der Waals surface area contributed by atoms with Crippen molar-refractivity contribution in [2.45, 2.75) is 25.8 Å². The SMILES string of the molecule is C[C@H]1CC[C@H](c2cccc(C#N)c2)N(C(=O)C(=O)Nc2cncc(C(N)=O)c2)C1. The summed E-state index contributed by atoms with van der Waals surface area (Å²) in [6.45, 7) is 2.47. The number of piperidine rings is 1. The lowest BCUT2D eigenvalue weighted by molar-refractivity contribution is -0.146. The maximum Gasteiger partial charge on any atom is 0.313 e. The first-order valence-electron chi connectivity index (χ1n) is 9.26. The van der Waals surface area contributed by atoms with Crippen molar-refractivity contribution in [3.05, 3.63) is 59.4 Å². The van der Waals surface area contributed by atoms with Crippen LogP contribution in [0.15, 0.2) is 42.7 Å². The van der Waals surface area contributed by atoms with E-state index in [0.717, 1.165) is 12.0 Å². The van der Waals surface area contributed by atoms with Crippen molar-refractivity contribution in [2.75, 3.05) is 11.9 Å². The molecule has 3 amide bonds. The van der Waals surface area contributed by atoms with Gasteiger partial charge in [-0.3, -0.25) is 19.4 Å². The fourth-order valence-corrected chi connectivity index (χ4v) is 3.50. The Morgan fingerprint density at radius 2 is 2.03 bits per heavy atom. The number of carbonyl (C=O) groups excluding carboxylic acids is 3. The molecule has 8 nitrogen and oxygen atoms in total. The molecule has 148 valence electrons. The van der Waals surface area contributed by atoms with Crippen LogP contribution in [0, 0.1) is 17.2 Å². The van der Waals surface area contributed by atoms with Gasteiger partial charge in [-0.05, 0) is 42.5 Å². The number of hydrogen-bond donors (Lipinski definition) is 2. The van der Waals surface area contributed by atoms with Crippen LogP contribution in [0.2, 0.25) is 0 Å². The molecule has 2 aromatic rings. The fraction of sp³-hybridized carbons (Fsp3) is 0.286. The second-order valence-corrected chi connectivity index (χ2v) is 7.17. The summed E-state index contributed by atoms with van der Waals surface area (Å²) in [4.78, 5) is 42.2. The van der Waals surface area contributed by atoms with Crippen molar-refractivity contribution in [1.29, 1.82) is 5.26 Å². The highest BCUT2D eigenvalue weighted by molar-refractivity contribution is 6.39. The van der Waals surface area contributed by atoms with Crippen LogP contribution in [0.1, 0.15) is 47.3 Å². The molecule has 1 fully saturated rings. The van der Waals surface area contributed by atoms with Crippen LogP contribution >= 0.6 is 0 Å². The molecule has 1 aromatic heterocycles. The summed E-state index contributed by atoms with van der Waals surface area (Å²) in [5.41, 5.74) is 6.90. The third kappa shape index (κ3) is 4.58. The molecular formula is C21H21N5O3. The Labute approximate surface area is 168 Å². The lowest BCUT2D eigenvalue weighted by Gasteiger charge is -2.38. The van der Waals surface area contributed by atoms with Crippen molar-refractivity contribution in [2.24, 2.45) is 11.7 Å². The molecule has 2 heterocycles. The van der Waals surface area contributed by atoms with E-state index in [1.807, 2.05) is 13.0 Å². The zero-order chi connectivity index (χ0) is 21.0. The monoisotopic (exact) mass is 391 g/mol. The molecule has 0 aliphatic carbocycles. The average Bonchev–Trinajstić information content (AvgIpc) is 2.73. The number of rotatable bonds is 3. The first kappa shape index (κ1) is 20.0. The lowest BCUT2D eigenvalue weighted by Crippen LogP contribution is -2.46. The number of benzene rings is 1. The van der Waals surface area contributed by atoms with Gasteiger partial charge in [-0.1, -0.05) is 19.1 Å². The van der Waals surface area contributed by atoms with Crippen molar-refractivity contribution in [3.8, 4) is 6.07 Å². The zero-order valence-electron chi connectivity index (χ0n) is 16.0. The predicted molar refractivity (Wildman–Crippen MR) is 105 cm³/mol. The minimum atomic E-state index is -0.816. The Kier molecular flexibility index (Phi) is 5.88. The molecular weight excluding hydrogens is 370 g/mol. The largest absolute Gasteiger partial charge is 0.366 e. The summed E-state index contributed by atoms with van der Waals surface area (Å²) in [5, 5.41) is 11.6. The molecule has 8 heteroatoms. The van der Waals surface area contributed by atoms with Crippen molar-refractivity contribution < 1.29 is 14.4 Å². The average molecular weight is 391 g/mol. The molecule has 0 radical (unpaired) electrons. The van der Waals surface area contributed by atoms with Crippen LogP contribution in [0.3, 0.4) is 0 Å². The van der Waals surface area contributed by atoms with Crippen LogP contribution in [0.25, 0.3) is 0 Å². The molecule has 0 unspecified atom stereocenters. The summed E-state index contributed by atoms with van der Waals surface area (Å²) in [6, 6.07) is 10.3. The van der Waals surface area contributed by atoms with Crippen molar-refractivity contribution in [1.82, 2.24) is 9.88 Å². The second kappa shape index (κ2) is 8.52. The third-order valence-corrected chi connectivity index (χ3v) is 4.95. The number of likely N-dealkylation sites (tertiary alicyclic amines) is 1. The van der Waals surface area contributed by atoms with E-state index in [2.05, 4.69) is 16.4 Å². The number of amides is 3. The normalized spacial score (nSPS) is 18.6. The van der Waals surface area contributed by atoms with Crippen molar-refractivity contribution in [3.63, 3.8) is 0 Å². The highest BCUT2D eigenvalue weighted by Crippen LogP contribution is 2.33. The first-order valence-corrected chi connectivity index (χ1v) is 9.26. The van der Waals surface area contributed by atoms with Crippen LogP contribution in [-0.4, -0.2) is 34.2 Å². The van der Waals surface area contributed by atoms with Gasteiger partial charge in [0.1, 0.15) is 0 Å². The molecule has 1 aliphatic heterocycles. The number of nitrogens with one attached hydrogen (secondary N) is 1. The van der Waals surface area contributed by atoms with Gasteiger partial charge in [-0.25, -0.2) is 0 Å². The molecule has 3 rings (SSSR count). The van der Waals surface area contributed by atoms with Gasteiger partial charge in [0.25, 0.3) is 0 Å². The van der Waals surface area contributed by atoms with Gasteiger partial charge in [-0.2, -0.15) is 5.26 Å². The number of nitriles is 1. The van der Waals surface area contributed by atoms with Gasteiger partial charge in [-0.15, -0.1) is 0 Å².